The summed E-state index contributed by atoms with van der Waals surface area (Å²) < 4.78 is 6.56. The van der Waals surface area contributed by atoms with Crippen LogP contribution in [0.1, 0.15) is 23.7 Å². The largest absolute Gasteiger partial charge is 0.491 e. The maximum Gasteiger partial charge on any atom is 0.256 e. The molecule has 104 valence electrons. The topological polar surface area (TPSA) is 38.3 Å². The van der Waals surface area contributed by atoms with E-state index < -0.39 is 0 Å². The molecule has 1 amide bonds. The zero-order valence-corrected chi connectivity index (χ0v) is 13.4. The minimum atomic E-state index is -0.123. The second-order valence-corrected chi connectivity index (χ2v) is 5.44. The van der Waals surface area contributed by atoms with Gasteiger partial charge in [0.15, 0.2) is 0 Å². The van der Waals surface area contributed by atoms with E-state index in [1.165, 1.54) is 0 Å². The molecule has 0 unspecified atom stereocenters. The first-order chi connectivity index (χ1) is 9.72. The molecule has 0 radical (unpaired) electrons. The van der Waals surface area contributed by atoms with E-state index in [-0.39, 0.29) is 5.91 Å². The SMILES string of the molecule is CCCOc1ccccc1NC(=O)c1ccccc1I. The zero-order chi connectivity index (χ0) is 14.4. The van der Waals surface area contributed by atoms with Gasteiger partial charge in [-0.1, -0.05) is 31.2 Å². The van der Waals surface area contributed by atoms with Crippen molar-refractivity contribution in [1.82, 2.24) is 0 Å². The number of rotatable bonds is 5. The number of hydrogen-bond donors (Lipinski definition) is 1. The molecule has 3 nitrogen and oxygen atoms in total. The van der Waals surface area contributed by atoms with E-state index in [1.54, 1.807) is 0 Å². The lowest BCUT2D eigenvalue weighted by molar-refractivity contribution is 0.102. The Morgan fingerprint density at radius 2 is 1.85 bits per heavy atom. The Labute approximate surface area is 132 Å². The van der Waals surface area contributed by atoms with Crippen molar-refractivity contribution < 1.29 is 9.53 Å². The van der Waals surface area contributed by atoms with Gasteiger partial charge >= 0.3 is 0 Å². The fourth-order valence-corrected chi connectivity index (χ4v) is 2.38. The molecule has 20 heavy (non-hydrogen) atoms. The second kappa shape index (κ2) is 7.28. The summed E-state index contributed by atoms with van der Waals surface area (Å²) in [5.41, 5.74) is 1.36. The van der Waals surface area contributed by atoms with Crippen molar-refractivity contribution in [2.75, 3.05) is 11.9 Å². The van der Waals surface area contributed by atoms with Gasteiger partial charge in [-0.2, -0.15) is 0 Å². The zero-order valence-electron chi connectivity index (χ0n) is 11.2. The normalized spacial score (nSPS) is 10.1. The first-order valence-electron chi connectivity index (χ1n) is 6.50. The van der Waals surface area contributed by atoms with Crippen molar-refractivity contribution in [3.05, 3.63) is 57.7 Å². The first kappa shape index (κ1) is 14.8. The van der Waals surface area contributed by atoms with Crippen LogP contribution in [0.5, 0.6) is 5.75 Å². The highest BCUT2D eigenvalue weighted by molar-refractivity contribution is 14.1. The maximum atomic E-state index is 12.3. The van der Waals surface area contributed by atoms with Crippen LogP contribution in [-0.4, -0.2) is 12.5 Å². The molecular formula is C16H16INO2. The molecule has 1 N–H and O–H groups in total. The van der Waals surface area contributed by atoms with Crippen LogP contribution in [0.3, 0.4) is 0 Å². The number of hydrogen-bond acceptors (Lipinski definition) is 2. The summed E-state index contributed by atoms with van der Waals surface area (Å²) in [5, 5.41) is 2.91. The van der Waals surface area contributed by atoms with Crippen molar-refractivity contribution >= 4 is 34.2 Å². The summed E-state index contributed by atoms with van der Waals surface area (Å²) in [6.07, 6.45) is 0.929. The average Bonchev–Trinajstić information content (AvgIpc) is 2.46. The molecule has 2 aromatic rings. The Morgan fingerprint density at radius 1 is 1.15 bits per heavy atom. The molecule has 0 fully saturated rings. The van der Waals surface area contributed by atoms with Gasteiger partial charge in [-0.05, 0) is 53.3 Å². The van der Waals surface area contributed by atoms with Crippen molar-refractivity contribution in [1.29, 1.82) is 0 Å². The summed E-state index contributed by atoms with van der Waals surface area (Å²) in [6, 6.07) is 15.0. The fourth-order valence-electron chi connectivity index (χ4n) is 1.74. The Hall–Kier alpha value is -1.56. The van der Waals surface area contributed by atoms with Gasteiger partial charge in [0, 0.05) is 3.57 Å². The molecule has 0 atom stereocenters. The van der Waals surface area contributed by atoms with E-state index in [2.05, 4.69) is 27.9 Å². The second-order valence-electron chi connectivity index (χ2n) is 4.28. The Kier molecular flexibility index (Phi) is 5.40. The van der Waals surface area contributed by atoms with Gasteiger partial charge in [0.25, 0.3) is 5.91 Å². The van der Waals surface area contributed by atoms with Gasteiger partial charge in [0.1, 0.15) is 5.75 Å². The van der Waals surface area contributed by atoms with Crippen molar-refractivity contribution in [2.24, 2.45) is 0 Å². The lowest BCUT2D eigenvalue weighted by Gasteiger charge is -2.12. The maximum absolute atomic E-state index is 12.3. The van der Waals surface area contributed by atoms with Crippen molar-refractivity contribution in [3.63, 3.8) is 0 Å². The lowest BCUT2D eigenvalue weighted by atomic mass is 10.2. The molecule has 2 rings (SSSR count). The number of ether oxygens (including phenoxy) is 1. The third kappa shape index (κ3) is 3.72. The van der Waals surface area contributed by atoms with Crippen LogP contribution in [0.15, 0.2) is 48.5 Å². The van der Waals surface area contributed by atoms with E-state index in [0.717, 1.165) is 9.99 Å². The number of carbonyl (C=O) groups excluding carboxylic acids is 1. The van der Waals surface area contributed by atoms with Crippen LogP contribution in [0.4, 0.5) is 5.69 Å². The van der Waals surface area contributed by atoms with Crippen LogP contribution in [-0.2, 0) is 0 Å². The number of para-hydroxylation sites is 2. The molecule has 0 aliphatic carbocycles. The van der Waals surface area contributed by atoms with E-state index >= 15 is 0 Å². The van der Waals surface area contributed by atoms with Crippen molar-refractivity contribution in [2.45, 2.75) is 13.3 Å². The smallest absolute Gasteiger partial charge is 0.256 e. The number of amides is 1. The van der Waals surface area contributed by atoms with Gasteiger partial charge in [0.2, 0.25) is 0 Å². The van der Waals surface area contributed by atoms with Crippen molar-refractivity contribution in [3.8, 4) is 5.75 Å². The van der Waals surface area contributed by atoms with E-state index in [4.69, 9.17) is 4.74 Å². The average molecular weight is 381 g/mol. The molecule has 0 aliphatic heterocycles. The minimum absolute atomic E-state index is 0.123. The van der Waals surface area contributed by atoms with E-state index in [1.807, 2.05) is 55.5 Å². The molecule has 0 saturated carbocycles. The number of nitrogens with one attached hydrogen (secondary N) is 1. The summed E-state index contributed by atoms with van der Waals surface area (Å²) in [5.74, 6) is 0.580. The molecule has 0 aromatic heterocycles. The molecule has 0 spiro atoms. The quantitative estimate of drug-likeness (QED) is 0.783. The van der Waals surface area contributed by atoms with Crippen LogP contribution in [0.2, 0.25) is 0 Å². The number of halogens is 1. The Morgan fingerprint density at radius 3 is 2.60 bits per heavy atom. The van der Waals surface area contributed by atoms with Crippen LogP contribution < -0.4 is 10.1 Å². The van der Waals surface area contributed by atoms with Gasteiger partial charge < -0.3 is 10.1 Å². The summed E-state index contributed by atoms with van der Waals surface area (Å²) >= 11 is 2.16. The number of benzene rings is 2. The van der Waals surface area contributed by atoms with Crippen LogP contribution in [0.25, 0.3) is 0 Å². The van der Waals surface area contributed by atoms with E-state index in [9.17, 15) is 4.79 Å². The Bertz CT molecular complexity index is 599. The predicted octanol–water partition coefficient (Wildman–Crippen LogP) is 4.33. The molecule has 0 aliphatic rings. The monoisotopic (exact) mass is 381 g/mol. The van der Waals surface area contributed by atoms with Gasteiger partial charge in [0.05, 0.1) is 17.9 Å². The first-order valence-corrected chi connectivity index (χ1v) is 7.58. The molecule has 2 aromatic carbocycles. The van der Waals surface area contributed by atoms with Crippen LogP contribution >= 0.6 is 22.6 Å². The molecule has 4 heteroatoms. The summed E-state index contributed by atoms with van der Waals surface area (Å²) in [4.78, 5) is 12.3. The third-order valence-electron chi connectivity index (χ3n) is 2.72. The van der Waals surface area contributed by atoms with Gasteiger partial charge in [-0.3, -0.25) is 4.79 Å². The predicted molar refractivity (Wildman–Crippen MR) is 89.3 cm³/mol. The lowest BCUT2D eigenvalue weighted by Crippen LogP contribution is -2.14. The number of carbonyl (C=O) groups is 1. The minimum Gasteiger partial charge on any atom is -0.491 e. The highest BCUT2D eigenvalue weighted by Crippen LogP contribution is 2.25. The fraction of sp³-hybridized carbons (Fsp3) is 0.188. The van der Waals surface area contributed by atoms with Gasteiger partial charge in [-0.15, -0.1) is 0 Å². The highest BCUT2D eigenvalue weighted by atomic mass is 127. The number of anilines is 1. The van der Waals surface area contributed by atoms with Crippen LogP contribution in [0, 0.1) is 3.57 Å². The van der Waals surface area contributed by atoms with Gasteiger partial charge in [-0.25, -0.2) is 0 Å². The summed E-state index contributed by atoms with van der Waals surface area (Å²) in [6.45, 7) is 2.68. The van der Waals surface area contributed by atoms with E-state index in [0.29, 0.717) is 23.6 Å². The standard InChI is InChI=1S/C16H16INO2/c1-2-11-20-15-10-6-5-9-14(15)18-16(19)12-7-3-4-8-13(12)17/h3-10H,2,11H2,1H3,(H,18,19). The third-order valence-corrected chi connectivity index (χ3v) is 3.66. The Balaban J connectivity index is 2.18. The highest BCUT2D eigenvalue weighted by Gasteiger charge is 2.11. The summed E-state index contributed by atoms with van der Waals surface area (Å²) in [7, 11) is 0. The molecular weight excluding hydrogens is 365 g/mol. The molecule has 0 bridgehead atoms. The molecule has 0 saturated heterocycles. The molecule has 0 heterocycles.